The number of aryl methyl sites for hydroxylation is 2. The van der Waals surface area contributed by atoms with Crippen molar-refractivity contribution < 1.29 is 5.11 Å². The number of nitrogens with zero attached hydrogens (tertiary/aromatic N) is 2. The molecule has 0 aliphatic heterocycles. The van der Waals surface area contributed by atoms with Crippen LogP contribution in [0, 0.1) is 19.3 Å². The topological polar surface area (TPSA) is 58.0 Å². The fourth-order valence-electron chi connectivity index (χ4n) is 2.15. The molecule has 1 heterocycles. The van der Waals surface area contributed by atoms with Gasteiger partial charge in [-0.2, -0.15) is 0 Å². The Balaban J connectivity index is 1.98. The van der Waals surface area contributed by atoms with E-state index < -0.39 is 0 Å². The zero-order valence-electron chi connectivity index (χ0n) is 9.95. The molecule has 16 heavy (non-hydrogen) atoms. The number of nitrogens with one attached hydrogen (secondary N) is 1. The highest BCUT2D eigenvalue weighted by Gasteiger charge is 2.36. The molecular formula is C12H19N3O. The van der Waals surface area contributed by atoms with Crippen LogP contribution >= 0.6 is 0 Å². The zero-order valence-corrected chi connectivity index (χ0v) is 9.95. The van der Waals surface area contributed by atoms with Gasteiger partial charge in [0.15, 0.2) is 0 Å². The molecule has 4 nitrogen and oxygen atoms in total. The average Bonchev–Trinajstić information content (AvgIpc) is 2.15. The molecule has 1 aromatic heterocycles. The van der Waals surface area contributed by atoms with Crippen molar-refractivity contribution in [2.45, 2.75) is 33.1 Å². The second kappa shape index (κ2) is 4.37. The molecule has 0 unspecified atom stereocenters. The first-order chi connectivity index (χ1) is 7.63. The lowest BCUT2D eigenvalue weighted by molar-refractivity contribution is 0.0575. The Bertz CT molecular complexity index is 349. The number of hydrogen-bond donors (Lipinski definition) is 2. The first-order valence-electron chi connectivity index (χ1n) is 5.81. The monoisotopic (exact) mass is 221 g/mol. The van der Waals surface area contributed by atoms with Crippen LogP contribution in [0.4, 0.5) is 5.82 Å². The average molecular weight is 221 g/mol. The maximum atomic E-state index is 9.35. The lowest BCUT2D eigenvalue weighted by Crippen LogP contribution is -2.40. The molecule has 0 bridgehead atoms. The van der Waals surface area contributed by atoms with Crippen molar-refractivity contribution in [2.75, 3.05) is 18.5 Å². The Labute approximate surface area is 96.1 Å². The van der Waals surface area contributed by atoms with Gasteiger partial charge in [0, 0.05) is 23.7 Å². The van der Waals surface area contributed by atoms with Crippen LogP contribution in [0.5, 0.6) is 0 Å². The largest absolute Gasteiger partial charge is 0.396 e. The summed E-state index contributed by atoms with van der Waals surface area (Å²) < 4.78 is 0. The van der Waals surface area contributed by atoms with E-state index in [1.807, 2.05) is 19.9 Å². The molecule has 1 aliphatic carbocycles. The van der Waals surface area contributed by atoms with E-state index in [-0.39, 0.29) is 12.0 Å². The van der Waals surface area contributed by atoms with Gasteiger partial charge < -0.3 is 10.4 Å². The van der Waals surface area contributed by atoms with Gasteiger partial charge in [0.2, 0.25) is 0 Å². The summed E-state index contributed by atoms with van der Waals surface area (Å²) in [6.45, 7) is 4.93. The van der Waals surface area contributed by atoms with E-state index in [0.717, 1.165) is 36.7 Å². The molecule has 0 aromatic carbocycles. The van der Waals surface area contributed by atoms with Gasteiger partial charge in [-0.05, 0) is 26.7 Å². The van der Waals surface area contributed by atoms with E-state index in [4.69, 9.17) is 0 Å². The smallest absolute Gasteiger partial charge is 0.129 e. The van der Waals surface area contributed by atoms with E-state index in [1.54, 1.807) is 0 Å². The highest BCUT2D eigenvalue weighted by Crippen LogP contribution is 2.40. The van der Waals surface area contributed by atoms with Crippen molar-refractivity contribution in [3.63, 3.8) is 0 Å². The summed E-state index contributed by atoms with van der Waals surface area (Å²) in [7, 11) is 0. The summed E-state index contributed by atoms with van der Waals surface area (Å²) in [6, 6.07) is 1.94. The van der Waals surface area contributed by atoms with Crippen LogP contribution in [0.15, 0.2) is 6.07 Å². The lowest BCUT2D eigenvalue weighted by atomic mass is 9.69. The number of aromatic nitrogens is 2. The summed E-state index contributed by atoms with van der Waals surface area (Å²) in [5.74, 6) is 1.65. The van der Waals surface area contributed by atoms with Crippen LogP contribution in [0.3, 0.4) is 0 Å². The third kappa shape index (κ3) is 2.32. The van der Waals surface area contributed by atoms with E-state index in [0.29, 0.717) is 0 Å². The van der Waals surface area contributed by atoms with Crippen LogP contribution in [0.2, 0.25) is 0 Å². The highest BCUT2D eigenvalue weighted by molar-refractivity contribution is 5.36. The van der Waals surface area contributed by atoms with Gasteiger partial charge >= 0.3 is 0 Å². The normalized spacial score (nSPS) is 17.9. The van der Waals surface area contributed by atoms with Gasteiger partial charge in [-0.25, -0.2) is 9.97 Å². The molecule has 2 rings (SSSR count). The molecule has 1 fully saturated rings. The Kier molecular flexibility index (Phi) is 3.10. The number of aliphatic hydroxyl groups is 1. The third-order valence-corrected chi connectivity index (χ3v) is 3.36. The van der Waals surface area contributed by atoms with Crippen molar-refractivity contribution in [1.29, 1.82) is 0 Å². The molecule has 88 valence electrons. The molecule has 0 spiro atoms. The van der Waals surface area contributed by atoms with Crippen molar-refractivity contribution >= 4 is 5.82 Å². The van der Waals surface area contributed by atoms with E-state index in [9.17, 15) is 5.11 Å². The fraction of sp³-hybridized carbons (Fsp3) is 0.667. The highest BCUT2D eigenvalue weighted by atomic mass is 16.3. The SMILES string of the molecule is Cc1cc(NCC2(CO)CCC2)nc(C)n1. The molecule has 0 atom stereocenters. The second-order valence-corrected chi connectivity index (χ2v) is 4.81. The molecule has 0 saturated heterocycles. The summed E-state index contributed by atoms with van der Waals surface area (Å²) in [5.41, 5.74) is 1.06. The summed E-state index contributed by atoms with van der Waals surface area (Å²) in [5, 5.41) is 12.7. The Morgan fingerprint density at radius 2 is 2.12 bits per heavy atom. The third-order valence-electron chi connectivity index (χ3n) is 3.36. The molecule has 0 radical (unpaired) electrons. The standard InChI is InChI=1S/C12H19N3O/c1-9-6-11(15-10(2)14-9)13-7-12(8-16)4-3-5-12/h6,16H,3-5,7-8H2,1-2H3,(H,13,14,15). The van der Waals surface area contributed by atoms with Gasteiger partial charge in [0.05, 0.1) is 6.61 Å². The second-order valence-electron chi connectivity index (χ2n) is 4.81. The van der Waals surface area contributed by atoms with Gasteiger partial charge in [0.1, 0.15) is 11.6 Å². The van der Waals surface area contributed by atoms with Crippen LogP contribution in [-0.4, -0.2) is 28.2 Å². The first kappa shape index (κ1) is 11.3. The van der Waals surface area contributed by atoms with Gasteiger partial charge in [-0.1, -0.05) is 6.42 Å². The van der Waals surface area contributed by atoms with Crippen molar-refractivity contribution in [3.8, 4) is 0 Å². The van der Waals surface area contributed by atoms with Gasteiger partial charge in [-0.3, -0.25) is 0 Å². The maximum absolute atomic E-state index is 9.35. The molecule has 0 amide bonds. The van der Waals surface area contributed by atoms with Crippen LogP contribution in [0.1, 0.15) is 30.8 Å². The fourth-order valence-corrected chi connectivity index (χ4v) is 2.15. The Hall–Kier alpha value is -1.16. The van der Waals surface area contributed by atoms with Crippen LogP contribution < -0.4 is 5.32 Å². The van der Waals surface area contributed by atoms with E-state index in [1.165, 1.54) is 6.42 Å². The molecule has 2 N–H and O–H groups in total. The number of rotatable bonds is 4. The zero-order chi connectivity index (χ0) is 11.6. The minimum atomic E-state index is 0.0900. The van der Waals surface area contributed by atoms with Crippen molar-refractivity contribution in [3.05, 3.63) is 17.6 Å². The lowest BCUT2D eigenvalue weighted by Gasteiger charge is -2.40. The number of anilines is 1. The number of aliphatic hydroxyl groups excluding tert-OH is 1. The summed E-state index contributed by atoms with van der Waals surface area (Å²) in [4.78, 5) is 8.56. The Morgan fingerprint density at radius 3 is 2.62 bits per heavy atom. The molecule has 1 aliphatic rings. The van der Waals surface area contributed by atoms with Crippen molar-refractivity contribution in [1.82, 2.24) is 9.97 Å². The minimum absolute atomic E-state index is 0.0900. The summed E-state index contributed by atoms with van der Waals surface area (Å²) in [6.07, 6.45) is 3.45. The van der Waals surface area contributed by atoms with Crippen LogP contribution in [-0.2, 0) is 0 Å². The van der Waals surface area contributed by atoms with Crippen molar-refractivity contribution in [2.24, 2.45) is 5.41 Å². The van der Waals surface area contributed by atoms with Gasteiger partial charge in [-0.15, -0.1) is 0 Å². The predicted octanol–water partition coefficient (Wildman–Crippen LogP) is 1.67. The quantitative estimate of drug-likeness (QED) is 0.812. The van der Waals surface area contributed by atoms with Crippen LogP contribution in [0.25, 0.3) is 0 Å². The molecule has 1 aromatic rings. The Morgan fingerprint density at radius 1 is 1.38 bits per heavy atom. The maximum Gasteiger partial charge on any atom is 0.129 e. The first-order valence-corrected chi connectivity index (χ1v) is 5.81. The molecular weight excluding hydrogens is 202 g/mol. The minimum Gasteiger partial charge on any atom is -0.396 e. The van der Waals surface area contributed by atoms with Gasteiger partial charge in [0.25, 0.3) is 0 Å². The number of hydrogen-bond acceptors (Lipinski definition) is 4. The predicted molar refractivity (Wildman–Crippen MR) is 63.4 cm³/mol. The molecule has 4 heteroatoms. The van der Waals surface area contributed by atoms with E-state index in [2.05, 4.69) is 15.3 Å². The molecule has 1 saturated carbocycles. The van der Waals surface area contributed by atoms with E-state index >= 15 is 0 Å². The summed E-state index contributed by atoms with van der Waals surface area (Å²) >= 11 is 0.